The molecule has 0 radical (unpaired) electrons. The minimum Gasteiger partial charge on any atom is -0.388 e. The Morgan fingerprint density at radius 1 is 0.929 bits per heavy atom. The lowest BCUT2D eigenvalue weighted by atomic mass is 9.91. The first-order valence-electron chi connectivity index (χ1n) is 15.2. The zero-order chi connectivity index (χ0) is 28.7. The second-order valence-corrected chi connectivity index (χ2v) is 12.2. The number of hydrogen-bond acceptors (Lipinski definition) is 7. The quantitative estimate of drug-likeness (QED) is 0.380. The van der Waals surface area contributed by atoms with Gasteiger partial charge in [-0.25, -0.2) is 14.1 Å². The Labute approximate surface area is 244 Å². The van der Waals surface area contributed by atoms with Crippen molar-refractivity contribution >= 4 is 16.7 Å². The molecule has 7 rings (SSSR count). The molecule has 2 aromatic carbocycles. The van der Waals surface area contributed by atoms with Crippen molar-refractivity contribution in [3.05, 3.63) is 82.8 Å². The summed E-state index contributed by atoms with van der Waals surface area (Å²) in [5.41, 5.74) is 2.42. The first-order valence-corrected chi connectivity index (χ1v) is 15.2. The van der Waals surface area contributed by atoms with Gasteiger partial charge in [-0.3, -0.25) is 19.2 Å². The van der Waals surface area contributed by atoms with Gasteiger partial charge in [-0.1, -0.05) is 12.1 Å². The monoisotopic (exact) mass is 571 g/mol. The van der Waals surface area contributed by atoms with Crippen LogP contribution >= 0.6 is 0 Å². The lowest BCUT2D eigenvalue weighted by Crippen LogP contribution is -2.47. The van der Waals surface area contributed by atoms with E-state index in [1.807, 2.05) is 0 Å². The smallest absolute Gasteiger partial charge is 0.264 e. The highest BCUT2D eigenvalue weighted by Gasteiger charge is 2.33. The van der Waals surface area contributed by atoms with Gasteiger partial charge in [-0.2, -0.15) is 5.10 Å². The Kier molecular flexibility index (Phi) is 7.29. The number of anilines is 1. The first kappa shape index (κ1) is 27.2. The van der Waals surface area contributed by atoms with Crippen LogP contribution in [-0.4, -0.2) is 85.1 Å². The number of likely N-dealkylation sites (tertiary alicyclic amines) is 1. The number of halogens is 1. The van der Waals surface area contributed by atoms with Gasteiger partial charge in [-0.15, -0.1) is 0 Å². The summed E-state index contributed by atoms with van der Waals surface area (Å²) in [6, 6.07) is 15.6. The maximum absolute atomic E-state index is 13.3. The molecule has 4 aromatic rings. The fraction of sp³-hybridized carbons (Fsp3) is 0.469. The summed E-state index contributed by atoms with van der Waals surface area (Å²) in [6.07, 6.45) is 8.00. The predicted octanol–water partition coefficient (Wildman–Crippen LogP) is 3.42. The SMILES string of the molecule is O=c1c2cnn(-c3ccc(F)cc3)c2ncn1CC1(O)CCN(Cc2ccc(N3CCCN4CCC[C@H]4C3)cc2)CC1. The minimum absolute atomic E-state index is 0.188. The number of piperidine rings is 1. The van der Waals surface area contributed by atoms with E-state index in [2.05, 4.69) is 49.0 Å². The van der Waals surface area contributed by atoms with Crippen molar-refractivity contribution in [1.29, 1.82) is 0 Å². The molecule has 3 aliphatic heterocycles. The second kappa shape index (κ2) is 11.2. The number of benzene rings is 2. The molecule has 10 heteroatoms. The Bertz CT molecular complexity index is 1590. The standard InChI is InChI=1S/C32H38FN7O2/c33-25-6-10-27(11-7-25)40-30-29(19-35-40)31(41)39(23-34-30)22-32(42)12-17-36(18-13-32)20-24-4-8-26(9-5-24)38-16-2-15-37-14-1-3-28(37)21-38/h4-11,19,23,28,42H,1-3,12-18,20-22H2/t28-/m0/s1. The number of rotatable bonds is 6. The van der Waals surface area contributed by atoms with Gasteiger partial charge in [0.05, 0.1) is 24.0 Å². The molecule has 0 spiro atoms. The van der Waals surface area contributed by atoms with E-state index < -0.39 is 5.60 Å². The van der Waals surface area contributed by atoms with Gasteiger partial charge in [0.1, 0.15) is 17.5 Å². The zero-order valence-electron chi connectivity index (χ0n) is 23.9. The summed E-state index contributed by atoms with van der Waals surface area (Å²) >= 11 is 0. The maximum Gasteiger partial charge on any atom is 0.264 e. The Balaban J connectivity index is 0.965. The van der Waals surface area contributed by atoms with Crippen LogP contribution in [0.15, 0.2) is 65.8 Å². The molecule has 2 aromatic heterocycles. The van der Waals surface area contributed by atoms with E-state index in [-0.39, 0.29) is 17.9 Å². The van der Waals surface area contributed by atoms with Crippen LogP contribution in [0.25, 0.3) is 16.7 Å². The Morgan fingerprint density at radius 2 is 1.67 bits per heavy atom. The number of nitrogens with zero attached hydrogens (tertiary/aromatic N) is 7. The largest absolute Gasteiger partial charge is 0.388 e. The lowest BCUT2D eigenvalue weighted by molar-refractivity contribution is -0.0364. The topological polar surface area (TPSA) is 82.7 Å². The van der Waals surface area contributed by atoms with Crippen LogP contribution in [0, 0.1) is 5.82 Å². The van der Waals surface area contributed by atoms with E-state index >= 15 is 0 Å². The van der Waals surface area contributed by atoms with Crippen LogP contribution in [0.1, 0.15) is 37.7 Å². The zero-order valence-corrected chi connectivity index (χ0v) is 23.9. The highest BCUT2D eigenvalue weighted by Crippen LogP contribution is 2.28. The lowest BCUT2D eigenvalue weighted by Gasteiger charge is -2.38. The molecule has 3 fully saturated rings. The second-order valence-electron chi connectivity index (χ2n) is 12.2. The number of aromatic nitrogens is 4. The van der Waals surface area contributed by atoms with Gasteiger partial charge < -0.3 is 10.0 Å². The molecule has 9 nitrogen and oxygen atoms in total. The van der Waals surface area contributed by atoms with Crippen LogP contribution in [-0.2, 0) is 13.1 Å². The average Bonchev–Trinajstić information content (AvgIpc) is 3.58. The van der Waals surface area contributed by atoms with Crippen molar-refractivity contribution in [2.75, 3.05) is 44.2 Å². The molecule has 3 saturated heterocycles. The summed E-state index contributed by atoms with van der Waals surface area (Å²) in [7, 11) is 0. The molecular weight excluding hydrogens is 533 g/mol. The third-order valence-electron chi connectivity index (χ3n) is 9.39. The third kappa shape index (κ3) is 5.46. The highest BCUT2D eigenvalue weighted by atomic mass is 19.1. The Morgan fingerprint density at radius 3 is 2.45 bits per heavy atom. The number of aliphatic hydroxyl groups is 1. The number of fused-ring (bicyclic) bond motifs is 2. The van der Waals surface area contributed by atoms with E-state index in [0.29, 0.717) is 35.6 Å². The van der Waals surface area contributed by atoms with Crippen molar-refractivity contribution in [1.82, 2.24) is 29.1 Å². The van der Waals surface area contributed by atoms with Crippen LogP contribution < -0.4 is 10.5 Å². The molecular formula is C32H38FN7O2. The van der Waals surface area contributed by atoms with Crippen LogP contribution in [0.3, 0.4) is 0 Å². The molecule has 1 N–H and O–H groups in total. The average molecular weight is 572 g/mol. The molecule has 0 aliphatic carbocycles. The van der Waals surface area contributed by atoms with E-state index in [0.717, 1.165) is 32.7 Å². The van der Waals surface area contributed by atoms with Crippen molar-refractivity contribution < 1.29 is 9.50 Å². The summed E-state index contributed by atoms with van der Waals surface area (Å²) < 4.78 is 16.4. The molecule has 5 heterocycles. The number of hydrogen-bond donors (Lipinski definition) is 1. The van der Waals surface area contributed by atoms with Gasteiger partial charge >= 0.3 is 0 Å². The predicted molar refractivity (Wildman–Crippen MR) is 160 cm³/mol. The van der Waals surface area contributed by atoms with Gasteiger partial charge in [0, 0.05) is 51.0 Å². The molecule has 3 aliphatic rings. The van der Waals surface area contributed by atoms with Crippen LogP contribution in [0.2, 0.25) is 0 Å². The molecule has 1 atom stereocenters. The molecule has 220 valence electrons. The van der Waals surface area contributed by atoms with Crippen LogP contribution in [0.5, 0.6) is 0 Å². The Hall–Kier alpha value is -3.60. The van der Waals surface area contributed by atoms with Gasteiger partial charge in [-0.05, 0) is 80.6 Å². The van der Waals surface area contributed by atoms with Gasteiger partial charge in [0.2, 0.25) is 0 Å². The normalized spacial score (nSPS) is 21.5. The third-order valence-corrected chi connectivity index (χ3v) is 9.39. The van der Waals surface area contributed by atoms with E-state index in [4.69, 9.17) is 0 Å². The molecule has 0 saturated carbocycles. The fourth-order valence-electron chi connectivity index (χ4n) is 6.95. The van der Waals surface area contributed by atoms with Crippen LogP contribution in [0.4, 0.5) is 10.1 Å². The minimum atomic E-state index is -0.979. The van der Waals surface area contributed by atoms with Crippen molar-refractivity contribution in [2.24, 2.45) is 0 Å². The van der Waals surface area contributed by atoms with Gasteiger partial charge in [0.25, 0.3) is 5.56 Å². The van der Waals surface area contributed by atoms with Crippen molar-refractivity contribution in [3.8, 4) is 5.69 Å². The summed E-state index contributed by atoms with van der Waals surface area (Å²) in [6.45, 7) is 7.30. The molecule has 0 bridgehead atoms. The van der Waals surface area contributed by atoms with E-state index in [1.54, 1.807) is 12.1 Å². The molecule has 0 amide bonds. The van der Waals surface area contributed by atoms with E-state index in [9.17, 15) is 14.3 Å². The first-order chi connectivity index (χ1) is 20.4. The summed E-state index contributed by atoms with van der Waals surface area (Å²) in [5, 5.41) is 16.1. The highest BCUT2D eigenvalue weighted by molar-refractivity contribution is 5.74. The summed E-state index contributed by atoms with van der Waals surface area (Å²) in [5.74, 6) is -0.341. The van der Waals surface area contributed by atoms with Crippen molar-refractivity contribution in [2.45, 2.75) is 56.8 Å². The van der Waals surface area contributed by atoms with Gasteiger partial charge in [0.15, 0.2) is 5.65 Å². The summed E-state index contributed by atoms with van der Waals surface area (Å²) in [4.78, 5) is 25.3. The fourth-order valence-corrected chi connectivity index (χ4v) is 6.95. The molecule has 0 unspecified atom stereocenters. The van der Waals surface area contributed by atoms with E-state index in [1.165, 1.54) is 77.5 Å². The van der Waals surface area contributed by atoms with Crippen molar-refractivity contribution in [3.63, 3.8) is 0 Å². The molecule has 42 heavy (non-hydrogen) atoms. The maximum atomic E-state index is 13.3.